The molecule has 3 aromatic rings. The molecule has 144 valence electrons. The molecule has 9 nitrogen and oxygen atoms in total. The minimum absolute atomic E-state index is 0.0921. The van der Waals surface area contributed by atoms with E-state index in [2.05, 4.69) is 15.8 Å². The fourth-order valence-corrected chi connectivity index (χ4v) is 2.50. The molecule has 0 aliphatic heterocycles. The monoisotopic (exact) mass is 381 g/mol. The van der Waals surface area contributed by atoms with Crippen molar-refractivity contribution >= 4 is 18.0 Å². The van der Waals surface area contributed by atoms with Crippen molar-refractivity contribution in [3.8, 4) is 16.8 Å². The van der Waals surface area contributed by atoms with E-state index in [0.29, 0.717) is 11.1 Å². The van der Waals surface area contributed by atoms with E-state index in [-0.39, 0.29) is 18.5 Å². The molecule has 0 saturated carbocycles. The first-order valence-corrected chi connectivity index (χ1v) is 8.46. The molecule has 1 aromatic carbocycles. The highest BCUT2D eigenvalue weighted by Gasteiger charge is 2.10. The van der Waals surface area contributed by atoms with Crippen LogP contribution in [0, 0.1) is 0 Å². The van der Waals surface area contributed by atoms with Crippen molar-refractivity contribution in [1.29, 1.82) is 0 Å². The minimum atomic E-state index is -0.476. The van der Waals surface area contributed by atoms with Crippen LogP contribution < -0.4 is 16.4 Å². The molecule has 0 spiro atoms. The summed E-state index contributed by atoms with van der Waals surface area (Å²) in [5, 5.41) is 6.39. The highest BCUT2D eigenvalue weighted by atomic mass is 16.5. The number of nitrogens with zero attached hydrogens (tertiary/aromatic N) is 3. The van der Waals surface area contributed by atoms with E-state index in [1.54, 1.807) is 12.4 Å². The van der Waals surface area contributed by atoms with Gasteiger partial charge in [0.2, 0.25) is 11.8 Å². The second-order valence-corrected chi connectivity index (χ2v) is 6.05. The number of benzene rings is 1. The number of carbonyl (C=O) groups excluding carboxylic acids is 2. The summed E-state index contributed by atoms with van der Waals surface area (Å²) >= 11 is 0. The van der Waals surface area contributed by atoms with Gasteiger partial charge in [-0.1, -0.05) is 12.1 Å². The van der Waals surface area contributed by atoms with Crippen LogP contribution in [-0.2, 0) is 16.3 Å². The average Bonchev–Trinajstić information content (AvgIpc) is 3.26. The Labute approximate surface area is 160 Å². The minimum Gasteiger partial charge on any atom is -0.336 e. The van der Waals surface area contributed by atoms with E-state index in [1.807, 2.05) is 47.3 Å². The smallest absolute Gasteiger partial charge is 0.336 e. The first-order chi connectivity index (χ1) is 13.4. The van der Waals surface area contributed by atoms with Crippen molar-refractivity contribution in [3.05, 3.63) is 64.9 Å². The largest absolute Gasteiger partial charge is 0.365 e. The van der Waals surface area contributed by atoms with Crippen molar-refractivity contribution < 1.29 is 14.1 Å². The molecule has 9 heteroatoms. The number of hydrogen-bond donors (Lipinski definition) is 2. The third kappa shape index (κ3) is 4.64. The number of rotatable bonds is 6. The number of hydrazone groups is 1. The normalized spacial score (nSPS) is 10.9. The van der Waals surface area contributed by atoms with Crippen LogP contribution in [0.3, 0.4) is 0 Å². The fourth-order valence-electron chi connectivity index (χ4n) is 2.50. The zero-order valence-corrected chi connectivity index (χ0v) is 15.4. The Balaban J connectivity index is 1.74. The molecule has 0 radical (unpaired) electrons. The van der Waals surface area contributed by atoms with Gasteiger partial charge in [0.05, 0.1) is 18.0 Å². The molecule has 2 aromatic heterocycles. The van der Waals surface area contributed by atoms with Gasteiger partial charge in [0.1, 0.15) is 6.67 Å². The topological polar surface area (TPSA) is 111 Å². The highest BCUT2D eigenvalue weighted by Crippen LogP contribution is 2.19. The Hall–Kier alpha value is -3.88. The summed E-state index contributed by atoms with van der Waals surface area (Å²) in [5.74, 6) is -0.447. The van der Waals surface area contributed by atoms with Crippen molar-refractivity contribution in [2.45, 2.75) is 20.5 Å². The molecule has 28 heavy (non-hydrogen) atoms. The van der Waals surface area contributed by atoms with Crippen LogP contribution >= 0.6 is 0 Å². The van der Waals surface area contributed by atoms with E-state index < -0.39 is 5.63 Å². The molecule has 0 fully saturated rings. The second-order valence-electron chi connectivity index (χ2n) is 6.05. The van der Waals surface area contributed by atoms with Crippen molar-refractivity contribution in [2.24, 2.45) is 5.10 Å². The quantitative estimate of drug-likeness (QED) is 0.497. The lowest BCUT2D eigenvalue weighted by atomic mass is 10.1. The standard InChI is InChI=1S/C19H19N5O4/c1-13(25)20-12-24-11-18(19(27)28-24)16-3-5-17(6-4-16)23-8-7-15(10-23)9-21-22-14(2)26/h3-11H,12H2,1-2H3,(H,20,25)(H,22,26)/b21-9+. The van der Waals surface area contributed by atoms with Crippen LogP contribution in [0.5, 0.6) is 0 Å². The van der Waals surface area contributed by atoms with E-state index >= 15 is 0 Å². The van der Waals surface area contributed by atoms with E-state index in [0.717, 1.165) is 11.3 Å². The molecule has 2 N–H and O–H groups in total. The number of carbonyl (C=O) groups is 2. The van der Waals surface area contributed by atoms with Gasteiger partial charge in [-0.05, 0) is 23.8 Å². The van der Waals surface area contributed by atoms with Gasteiger partial charge in [0.25, 0.3) is 0 Å². The highest BCUT2D eigenvalue weighted by molar-refractivity contribution is 5.81. The van der Waals surface area contributed by atoms with E-state index in [9.17, 15) is 14.4 Å². The average molecular weight is 381 g/mol. The Bertz CT molecular complexity index is 1070. The Kier molecular flexibility index (Phi) is 5.54. The molecular weight excluding hydrogens is 362 g/mol. The molecule has 2 heterocycles. The van der Waals surface area contributed by atoms with Gasteiger partial charge in [-0.3, -0.25) is 9.59 Å². The summed E-state index contributed by atoms with van der Waals surface area (Å²) in [4.78, 5) is 33.8. The summed E-state index contributed by atoms with van der Waals surface area (Å²) in [5.41, 5.74) is 4.71. The number of amides is 2. The van der Waals surface area contributed by atoms with E-state index in [4.69, 9.17) is 4.52 Å². The number of nitrogens with one attached hydrogen (secondary N) is 2. The number of hydrogen-bond acceptors (Lipinski definition) is 5. The van der Waals surface area contributed by atoms with Gasteiger partial charge in [0, 0.05) is 37.5 Å². The van der Waals surface area contributed by atoms with E-state index in [1.165, 1.54) is 18.6 Å². The van der Waals surface area contributed by atoms with Gasteiger partial charge in [-0.2, -0.15) is 9.84 Å². The van der Waals surface area contributed by atoms with Crippen LogP contribution in [0.15, 0.2) is 63.3 Å². The van der Waals surface area contributed by atoms with Gasteiger partial charge >= 0.3 is 5.63 Å². The Morgan fingerprint density at radius 2 is 1.86 bits per heavy atom. The first kappa shape index (κ1) is 18.9. The lowest BCUT2D eigenvalue weighted by Crippen LogP contribution is -2.22. The Morgan fingerprint density at radius 3 is 2.54 bits per heavy atom. The lowest BCUT2D eigenvalue weighted by Gasteiger charge is -2.03. The number of aromatic nitrogens is 2. The zero-order valence-electron chi connectivity index (χ0n) is 15.4. The SMILES string of the molecule is CC(=O)NCn1cc(-c2ccc(-n3ccc(/C=N/NC(C)=O)c3)cc2)c(=O)o1. The third-order valence-electron chi connectivity index (χ3n) is 3.80. The second kappa shape index (κ2) is 8.21. The molecule has 0 saturated heterocycles. The summed E-state index contributed by atoms with van der Waals surface area (Å²) < 4.78 is 8.26. The van der Waals surface area contributed by atoms with Crippen LogP contribution in [0.25, 0.3) is 16.8 Å². The van der Waals surface area contributed by atoms with Crippen LogP contribution in [0.2, 0.25) is 0 Å². The lowest BCUT2D eigenvalue weighted by molar-refractivity contribution is -0.120. The van der Waals surface area contributed by atoms with Crippen molar-refractivity contribution in [3.63, 3.8) is 0 Å². The van der Waals surface area contributed by atoms with Gasteiger partial charge < -0.3 is 14.4 Å². The summed E-state index contributed by atoms with van der Waals surface area (Å²) in [6.07, 6.45) is 6.83. The van der Waals surface area contributed by atoms with Crippen LogP contribution in [0.1, 0.15) is 19.4 Å². The maximum atomic E-state index is 12.0. The van der Waals surface area contributed by atoms with Crippen LogP contribution in [-0.4, -0.2) is 27.3 Å². The molecule has 0 aliphatic rings. The predicted octanol–water partition coefficient (Wildman–Crippen LogP) is 1.46. The van der Waals surface area contributed by atoms with Gasteiger partial charge in [-0.15, -0.1) is 0 Å². The maximum absolute atomic E-state index is 12.0. The third-order valence-corrected chi connectivity index (χ3v) is 3.80. The summed E-state index contributed by atoms with van der Waals surface area (Å²) in [6.45, 7) is 2.87. The molecule has 2 amide bonds. The summed E-state index contributed by atoms with van der Waals surface area (Å²) in [7, 11) is 0. The predicted molar refractivity (Wildman–Crippen MR) is 103 cm³/mol. The summed E-state index contributed by atoms with van der Waals surface area (Å²) in [6, 6.07) is 9.23. The fraction of sp³-hybridized carbons (Fsp3) is 0.158. The molecule has 3 rings (SSSR count). The zero-order chi connectivity index (χ0) is 20.1. The van der Waals surface area contributed by atoms with Crippen molar-refractivity contribution in [2.75, 3.05) is 0 Å². The maximum Gasteiger partial charge on any atom is 0.365 e. The van der Waals surface area contributed by atoms with Gasteiger partial charge in [0.15, 0.2) is 0 Å². The van der Waals surface area contributed by atoms with Crippen LogP contribution in [0.4, 0.5) is 0 Å². The molecule has 0 aliphatic carbocycles. The molecule has 0 atom stereocenters. The molecular formula is C19H19N5O4. The Morgan fingerprint density at radius 1 is 1.11 bits per heavy atom. The molecule has 0 unspecified atom stereocenters. The first-order valence-electron chi connectivity index (χ1n) is 8.46. The van der Waals surface area contributed by atoms with Crippen molar-refractivity contribution in [1.82, 2.24) is 20.0 Å². The van der Waals surface area contributed by atoms with Gasteiger partial charge in [-0.25, -0.2) is 10.2 Å². The molecule has 0 bridgehead atoms.